The topological polar surface area (TPSA) is 58.9 Å². The van der Waals surface area contributed by atoms with Crippen LogP contribution in [0, 0.1) is 11.8 Å². The van der Waals surface area contributed by atoms with Crippen LogP contribution in [0.1, 0.15) is 30.3 Å². The third-order valence-electron chi connectivity index (χ3n) is 6.71. The molecule has 28 heavy (non-hydrogen) atoms. The number of rotatable bonds is 7. The van der Waals surface area contributed by atoms with Gasteiger partial charge in [-0.2, -0.15) is 11.8 Å². The Bertz CT molecular complexity index is 838. The van der Waals surface area contributed by atoms with Crippen LogP contribution in [0.15, 0.2) is 30.6 Å². The van der Waals surface area contributed by atoms with Gasteiger partial charge in [-0.3, -0.25) is 9.69 Å². The first kappa shape index (κ1) is 18.5. The number of hydrogen-bond acceptors (Lipinski definition) is 5. The number of hydrogen-bond donors (Lipinski definition) is 1. The van der Waals surface area contributed by atoms with E-state index in [4.69, 9.17) is 4.74 Å². The molecule has 3 aliphatic rings. The van der Waals surface area contributed by atoms with Crippen LogP contribution in [0.4, 0.5) is 0 Å². The lowest BCUT2D eigenvalue weighted by Crippen LogP contribution is -2.42. The van der Waals surface area contributed by atoms with E-state index < -0.39 is 0 Å². The summed E-state index contributed by atoms with van der Waals surface area (Å²) in [6, 6.07) is 5.78. The fourth-order valence-corrected chi connectivity index (χ4v) is 6.09. The summed E-state index contributed by atoms with van der Waals surface area (Å²) < 4.78 is 8.38. The molecule has 3 fully saturated rings. The van der Waals surface area contributed by atoms with Gasteiger partial charge < -0.3 is 14.5 Å². The average Bonchev–Trinajstić information content (AvgIpc) is 3.44. The second-order valence-corrected chi connectivity index (χ2v) is 9.66. The largest absolute Gasteiger partial charge is 0.370 e. The average molecular weight is 401 g/mol. The summed E-state index contributed by atoms with van der Waals surface area (Å²) in [6.45, 7) is 6.21. The molecule has 0 aromatic carbocycles. The monoisotopic (exact) mass is 400 g/mol. The van der Waals surface area contributed by atoms with E-state index >= 15 is 0 Å². The molecule has 1 amide bonds. The number of thioether (sulfide) groups is 1. The molecule has 3 saturated heterocycles. The van der Waals surface area contributed by atoms with E-state index in [-0.39, 0.29) is 11.5 Å². The van der Waals surface area contributed by atoms with Gasteiger partial charge in [0, 0.05) is 56.2 Å². The third-order valence-corrected chi connectivity index (χ3v) is 7.58. The zero-order valence-corrected chi connectivity index (χ0v) is 17.2. The van der Waals surface area contributed by atoms with Crippen molar-refractivity contribution in [2.45, 2.75) is 31.5 Å². The molecule has 1 spiro atoms. The Balaban J connectivity index is 1.22. The minimum Gasteiger partial charge on any atom is -0.370 e. The van der Waals surface area contributed by atoms with Gasteiger partial charge in [0.1, 0.15) is 11.3 Å². The number of carbonyl (C=O) groups excluding carboxylic acids is 1. The van der Waals surface area contributed by atoms with E-state index in [1.54, 1.807) is 6.20 Å². The van der Waals surface area contributed by atoms with Gasteiger partial charge in [-0.05, 0) is 30.7 Å². The maximum Gasteiger partial charge on any atom is 0.271 e. The van der Waals surface area contributed by atoms with Crippen molar-refractivity contribution in [3.63, 3.8) is 0 Å². The quantitative estimate of drug-likeness (QED) is 0.723. The molecule has 1 N–H and O–H groups in total. The summed E-state index contributed by atoms with van der Waals surface area (Å²) >= 11 is 2.01. The fourth-order valence-electron chi connectivity index (χ4n) is 5.41. The van der Waals surface area contributed by atoms with Crippen molar-refractivity contribution in [1.82, 2.24) is 19.6 Å². The van der Waals surface area contributed by atoms with Crippen molar-refractivity contribution in [1.29, 1.82) is 0 Å². The predicted octanol–water partition coefficient (Wildman–Crippen LogP) is 2.30. The first-order valence-electron chi connectivity index (χ1n) is 10.4. The van der Waals surface area contributed by atoms with Crippen LogP contribution in [0.25, 0.3) is 5.65 Å². The van der Waals surface area contributed by atoms with E-state index in [9.17, 15) is 4.79 Å². The maximum atomic E-state index is 12.7. The minimum absolute atomic E-state index is 0.0417. The number of nitrogens with one attached hydrogen (secondary N) is 1. The van der Waals surface area contributed by atoms with Gasteiger partial charge in [-0.1, -0.05) is 13.0 Å². The molecule has 0 aliphatic carbocycles. The van der Waals surface area contributed by atoms with Gasteiger partial charge in [-0.25, -0.2) is 4.98 Å². The Kier molecular flexibility index (Phi) is 4.85. The van der Waals surface area contributed by atoms with Crippen LogP contribution in [-0.2, 0) is 4.74 Å². The molecule has 2 aromatic rings. The summed E-state index contributed by atoms with van der Waals surface area (Å²) in [5, 5.41) is 3.15. The smallest absolute Gasteiger partial charge is 0.271 e. The summed E-state index contributed by atoms with van der Waals surface area (Å²) in [4.78, 5) is 19.7. The summed E-state index contributed by atoms with van der Waals surface area (Å²) in [5.41, 5.74) is 1.32. The van der Waals surface area contributed by atoms with Crippen molar-refractivity contribution in [2.24, 2.45) is 11.8 Å². The van der Waals surface area contributed by atoms with Crippen molar-refractivity contribution >= 4 is 23.3 Å². The number of carbonyl (C=O) groups is 1. The van der Waals surface area contributed by atoms with Crippen LogP contribution < -0.4 is 5.32 Å². The van der Waals surface area contributed by atoms with Crippen LogP contribution in [0.3, 0.4) is 0 Å². The second-order valence-electron chi connectivity index (χ2n) is 8.26. The molecule has 5 rings (SSSR count). The van der Waals surface area contributed by atoms with Crippen molar-refractivity contribution in [3.05, 3.63) is 36.3 Å². The van der Waals surface area contributed by atoms with Crippen molar-refractivity contribution in [2.75, 3.05) is 37.7 Å². The summed E-state index contributed by atoms with van der Waals surface area (Å²) in [6.07, 6.45) is 6.32. The lowest BCUT2D eigenvalue weighted by Gasteiger charge is -2.29. The number of likely N-dealkylation sites (tertiary alicyclic amines) is 1. The van der Waals surface area contributed by atoms with Crippen molar-refractivity contribution in [3.8, 4) is 0 Å². The fraction of sp³-hybridized carbons (Fsp3) is 0.619. The molecule has 5 heterocycles. The molecular weight excluding hydrogens is 372 g/mol. The zero-order chi connectivity index (χ0) is 19.1. The highest BCUT2D eigenvalue weighted by atomic mass is 32.2. The van der Waals surface area contributed by atoms with Gasteiger partial charge in [-0.15, -0.1) is 0 Å². The standard InChI is InChI=1S/C21H28N4O2S/c1-2-28-10-9-24-12-16-15(18-6-7-21(16,14-24)27-18)11-22-20(26)17-13-25-8-4-3-5-19(25)23-17/h3-5,8,13,15-16,18H,2,6-7,9-12,14H2,1H3,(H,22,26)/t15-,16+,18+,21+/m0/s1. The van der Waals surface area contributed by atoms with E-state index in [0.717, 1.165) is 31.7 Å². The van der Waals surface area contributed by atoms with Crippen LogP contribution in [0.2, 0.25) is 0 Å². The molecule has 6 nitrogen and oxygen atoms in total. The lowest BCUT2D eigenvalue weighted by molar-refractivity contribution is 0.00326. The zero-order valence-electron chi connectivity index (χ0n) is 16.3. The SMILES string of the molecule is CCSCCN1C[C@@H]2[C@H](CNC(=O)c3cn4ccccc4n3)[C@H]3CC[C@]2(C1)O3. The van der Waals surface area contributed by atoms with Gasteiger partial charge >= 0.3 is 0 Å². The van der Waals surface area contributed by atoms with E-state index in [0.29, 0.717) is 30.2 Å². The normalized spacial score (nSPS) is 31.5. The number of pyridine rings is 1. The molecule has 3 aliphatic heterocycles. The third kappa shape index (κ3) is 3.13. The highest BCUT2D eigenvalue weighted by Crippen LogP contribution is 2.54. The number of aromatic nitrogens is 2. The molecule has 150 valence electrons. The number of ether oxygens (including phenoxy) is 1. The maximum absolute atomic E-state index is 12.7. The molecular formula is C21H28N4O2S. The number of amides is 1. The number of imidazole rings is 1. The minimum atomic E-state index is -0.0882. The molecule has 7 heteroatoms. The Morgan fingerprint density at radius 3 is 3.25 bits per heavy atom. The highest BCUT2D eigenvalue weighted by Gasteiger charge is 2.62. The first-order valence-corrected chi connectivity index (χ1v) is 11.5. The number of fused-ring (bicyclic) bond motifs is 2. The number of nitrogens with zero attached hydrogens (tertiary/aromatic N) is 3. The van der Waals surface area contributed by atoms with Gasteiger partial charge in [0.2, 0.25) is 0 Å². The predicted molar refractivity (Wildman–Crippen MR) is 111 cm³/mol. The van der Waals surface area contributed by atoms with Gasteiger partial charge in [0.15, 0.2) is 0 Å². The van der Waals surface area contributed by atoms with Crippen LogP contribution >= 0.6 is 11.8 Å². The summed E-state index contributed by atoms with van der Waals surface area (Å²) in [7, 11) is 0. The molecule has 0 radical (unpaired) electrons. The molecule has 4 atom stereocenters. The van der Waals surface area contributed by atoms with Crippen molar-refractivity contribution < 1.29 is 9.53 Å². The van der Waals surface area contributed by atoms with Gasteiger partial charge in [0.05, 0.1) is 11.7 Å². The second kappa shape index (κ2) is 7.35. The molecule has 0 unspecified atom stereocenters. The molecule has 2 aromatic heterocycles. The van der Waals surface area contributed by atoms with Crippen LogP contribution in [-0.4, -0.2) is 69.6 Å². The summed E-state index contributed by atoms with van der Waals surface area (Å²) in [5.74, 6) is 3.24. The molecule has 0 saturated carbocycles. The Labute approximate surface area is 170 Å². The van der Waals surface area contributed by atoms with Crippen LogP contribution in [0.5, 0.6) is 0 Å². The first-order chi connectivity index (χ1) is 13.7. The Morgan fingerprint density at radius 2 is 2.39 bits per heavy atom. The Hall–Kier alpha value is -1.57. The van der Waals surface area contributed by atoms with E-state index in [1.165, 1.54) is 17.9 Å². The van der Waals surface area contributed by atoms with E-state index in [2.05, 4.69) is 22.1 Å². The lowest BCUT2D eigenvalue weighted by atomic mass is 9.73. The highest BCUT2D eigenvalue weighted by molar-refractivity contribution is 7.99. The Morgan fingerprint density at radius 1 is 1.46 bits per heavy atom. The molecule has 2 bridgehead atoms. The van der Waals surface area contributed by atoms with Gasteiger partial charge in [0.25, 0.3) is 5.91 Å². The van der Waals surface area contributed by atoms with E-state index in [1.807, 2.05) is 40.6 Å².